The van der Waals surface area contributed by atoms with Gasteiger partial charge >= 0.3 is 0 Å². The number of nitrogens with two attached hydrogens (primary N) is 1. The van der Waals surface area contributed by atoms with Crippen molar-refractivity contribution in [3.8, 4) is 11.4 Å². The third kappa shape index (κ3) is 3.54. The lowest BCUT2D eigenvalue weighted by Gasteiger charge is -2.14. The summed E-state index contributed by atoms with van der Waals surface area (Å²) in [6, 6.07) is 7.36. The molecule has 0 unspecified atom stereocenters. The van der Waals surface area contributed by atoms with Gasteiger partial charge in [0.05, 0.1) is 18.2 Å². The lowest BCUT2D eigenvalue weighted by Crippen LogP contribution is -2.22. The van der Waals surface area contributed by atoms with Crippen LogP contribution >= 0.6 is 23.1 Å². The summed E-state index contributed by atoms with van der Waals surface area (Å²) in [6.07, 6.45) is 4.45. The number of amides is 1. The van der Waals surface area contributed by atoms with Crippen molar-refractivity contribution >= 4 is 39.2 Å². The van der Waals surface area contributed by atoms with E-state index in [-0.39, 0.29) is 17.9 Å². The SMILES string of the molecule is COc1ccc(-n2c(SCCC(N)=O)nc3sc4c(c3c2=O)CCCC4)cc1. The Morgan fingerprint density at radius 1 is 1.29 bits per heavy atom. The number of nitrogens with zero attached hydrogens (tertiary/aromatic N) is 2. The van der Waals surface area contributed by atoms with Crippen LogP contribution in [0.25, 0.3) is 15.9 Å². The number of methoxy groups -OCH3 is 1. The first-order valence-corrected chi connectivity index (χ1v) is 11.0. The Kier molecular flexibility index (Phi) is 5.41. The number of fused-ring (bicyclic) bond motifs is 3. The van der Waals surface area contributed by atoms with Gasteiger partial charge in [-0.1, -0.05) is 11.8 Å². The zero-order valence-corrected chi connectivity index (χ0v) is 17.2. The zero-order chi connectivity index (χ0) is 19.7. The molecule has 1 aromatic carbocycles. The Bertz CT molecular complexity index is 1090. The summed E-state index contributed by atoms with van der Waals surface area (Å²) in [4.78, 5) is 31.6. The fourth-order valence-corrected chi connectivity index (χ4v) is 5.75. The molecule has 0 aliphatic heterocycles. The molecule has 2 aromatic heterocycles. The van der Waals surface area contributed by atoms with Crippen LogP contribution in [0.1, 0.15) is 29.7 Å². The minimum atomic E-state index is -0.362. The Hall–Kier alpha value is -2.32. The molecule has 0 atom stereocenters. The summed E-state index contributed by atoms with van der Waals surface area (Å²) >= 11 is 3.01. The molecule has 2 N–H and O–H groups in total. The molecule has 0 fully saturated rings. The molecular formula is C20H21N3O3S2. The molecular weight excluding hydrogens is 394 g/mol. The average molecular weight is 416 g/mol. The van der Waals surface area contributed by atoms with Crippen molar-refractivity contribution in [2.75, 3.05) is 12.9 Å². The van der Waals surface area contributed by atoms with E-state index in [0.29, 0.717) is 10.9 Å². The van der Waals surface area contributed by atoms with Gasteiger partial charge in [0.2, 0.25) is 5.91 Å². The first-order chi connectivity index (χ1) is 13.6. The Morgan fingerprint density at radius 2 is 2.04 bits per heavy atom. The quantitative estimate of drug-likeness (QED) is 0.493. The molecule has 1 aliphatic carbocycles. The highest BCUT2D eigenvalue weighted by atomic mass is 32.2. The molecule has 3 aromatic rings. The van der Waals surface area contributed by atoms with Crippen molar-refractivity contribution in [2.45, 2.75) is 37.3 Å². The first kappa shape index (κ1) is 19.0. The predicted molar refractivity (Wildman–Crippen MR) is 113 cm³/mol. The Morgan fingerprint density at radius 3 is 2.75 bits per heavy atom. The minimum Gasteiger partial charge on any atom is -0.497 e. The van der Waals surface area contributed by atoms with Crippen molar-refractivity contribution in [1.82, 2.24) is 9.55 Å². The smallest absolute Gasteiger partial charge is 0.267 e. The molecule has 0 saturated heterocycles. The second-order valence-electron chi connectivity index (χ2n) is 6.69. The van der Waals surface area contributed by atoms with E-state index >= 15 is 0 Å². The number of ether oxygens (including phenoxy) is 1. The largest absolute Gasteiger partial charge is 0.497 e. The number of benzene rings is 1. The number of aryl methyl sites for hydroxylation is 2. The Balaban J connectivity index is 1.88. The maximum atomic E-state index is 13.5. The third-order valence-electron chi connectivity index (χ3n) is 4.87. The normalized spacial score (nSPS) is 13.5. The van der Waals surface area contributed by atoms with Crippen molar-refractivity contribution in [3.05, 3.63) is 45.1 Å². The summed E-state index contributed by atoms with van der Waals surface area (Å²) in [5.74, 6) is 0.842. The van der Waals surface area contributed by atoms with Gasteiger partial charge in [-0.2, -0.15) is 0 Å². The van der Waals surface area contributed by atoms with Gasteiger partial charge in [-0.25, -0.2) is 4.98 Å². The molecule has 2 heterocycles. The monoisotopic (exact) mass is 415 g/mol. The summed E-state index contributed by atoms with van der Waals surface area (Å²) in [7, 11) is 1.61. The molecule has 0 saturated carbocycles. The number of primary amides is 1. The van der Waals surface area contributed by atoms with Crippen LogP contribution in [0.2, 0.25) is 0 Å². The highest BCUT2D eigenvalue weighted by molar-refractivity contribution is 7.99. The van der Waals surface area contributed by atoms with Crippen LogP contribution < -0.4 is 16.0 Å². The first-order valence-electron chi connectivity index (χ1n) is 9.21. The van der Waals surface area contributed by atoms with Crippen LogP contribution in [0.3, 0.4) is 0 Å². The zero-order valence-electron chi connectivity index (χ0n) is 15.6. The van der Waals surface area contributed by atoms with Crippen LogP contribution in [0, 0.1) is 0 Å². The van der Waals surface area contributed by atoms with Gasteiger partial charge in [-0.15, -0.1) is 11.3 Å². The maximum absolute atomic E-state index is 13.5. The van der Waals surface area contributed by atoms with Crippen molar-refractivity contribution < 1.29 is 9.53 Å². The molecule has 28 heavy (non-hydrogen) atoms. The number of rotatable bonds is 6. The van der Waals surface area contributed by atoms with Crippen LogP contribution in [-0.2, 0) is 17.6 Å². The van der Waals surface area contributed by atoms with Gasteiger partial charge in [0.15, 0.2) is 5.16 Å². The van der Waals surface area contributed by atoms with E-state index in [1.807, 2.05) is 24.3 Å². The van der Waals surface area contributed by atoms with Crippen LogP contribution in [0.5, 0.6) is 5.75 Å². The van der Waals surface area contributed by atoms with Crippen molar-refractivity contribution in [3.63, 3.8) is 0 Å². The summed E-state index contributed by atoms with van der Waals surface area (Å²) in [6.45, 7) is 0. The molecule has 1 aliphatic rings. The number of hydrogen-bond acceptors (Lipinski definition) is 6. The van der Waals surface area contributed by atoms with Gasteiger partial charge in [0, 0.05) is 17.1 Å². The van der Waals surface area contributed by atoms with Gasteiger partial charge in [0.25, 0.3) is 5.56 Å². The van der Waals surface area contributed by atoms with E-state index in [1.165, 1.54) is 22.2 Å². The minimum absolute atomic E-state index is 0.0452. The van der Waals surface area contributed by atoms with E-state index in [1.54, 1.807) is 23.0 Å². The molecule has 1 amide bonds. The molecule has 146 valence electrons. The Labute approximate surface area is 170 Å². The maximum Gasteiger partial charge on any atom is 0.267 e. The lowest BCUT2D eigenvalue weighted by atomic mass is 9.97. The number of thioether (sulfide) groups is 1. The van der Waals surface area contributed by atoms with Crippen molar-refractivity contribution in [1.29, 1.82) is 0 Å². The van der Waals surface area contributed by atoms with Crippen molar-refractivity contribution in [2.24, 2.45) is 5.73 Å². The highest BCUT2D eigenvalue weighted by Gasteiger charge is 2.23. The van der Waals surface area contributed by atoms with Gasteiger partial charge < -0.3 is 10.5 Å². The van der Waals surface area contributed by atoms with E-state index < -0.39 is 0 Å². The van der Waals surface area contributed by atoms with Gasteiger partial charge in [0.1, 0.15) is 10.6 Å². The van der Waals surface area contributed by atoms with Gasteiger partial charge in [-0.3, -0.25) is 14.2 Å². The second kappa shape index (κ2) is 7.97. The number of hydrogen-bond donors (Lipinski definition) is 1. The van der Waals surface area contributed by atoms with Crippen LogP contribution in [-0.4, -0.2) is 28.3 Å². The molecule has 8 heteroatoms. The van der Waals surface area contributed by atoms with E-state index in [9.17, 15) is 9.59 Å². The lowest BCUT2D eigenvalue weighted by molar-refractivity contribution is -0.117. The van der Waals surface area contributed by atoms with E-state index in [0.717, 1.165) is 47.3 Å². The van der Waals surface area contributed by atoms with E-state index in [4.69, 9.17) is 15.5 Å². The summed E-state index contributed by atoms with van der Waals surface area (Å²) in [5, 5.41) is 1.33. The molecule has 4 rings (SSSR count). The van der Waals surface area contributed by atoms with Crippen LogP contribution in [0.4, 0.5) is 0 Å². The number of carbonyl (C=O) groups excluding carboxylic acids is 1. The third-order valence-corrected chi connectivity index (χ3v) is 6.99. The summed E-state index contributed by atoms with van der Waals surface area (Å²) < 4.78 is 6.88. The van der Waals surface area contributed by atoms with Crippen LogP contribution in [0.15, 0.2) is 34.2 Å². The molecule has 6 nitrogen and oxygen atoms in total. The number of thiophene rings is 1. The fourth-order valence-electron chi connectivity index (χ4n) is 3.49. The highest BCUT2D eigenvalue weighted by Crippen LogP contribution is 2.35. The molecule has 0 bridgehead atoms. The fraction of sp³-hybridized carbons (Fsp3) is 0.350. The predicted octanol–water partition coefficient (Wildman–Crippen LogP) is 3.30. The van der Waals surface area contributed by atoms with E-state index in [2.05, 4.69) is 0 Å². The summed E-state index contributed by atoms with van der Waals surface area (Å²) in [5.41, 5.74) is 7.13. The second-order valence-corrected chi connectivity index (χ2v) is 8.83. The molecule has 0 spiro atoms. The average Bonchev–Trinajstić information content (AvgIpc) is 3.06. The number of aromatic nitrogens is 2. The molecule has 0 radical (unpaired) electrons. The topological polar surface area (TPSA) is 87.2 Å². The number of carbonyl (C=O) groups is 1. The van der Waals surface area contributed by atoms with Gasteiger partial charge in [-0.05, 0) is 55.5 Å². The standard InChI is InChI=1S/C20H21N3O3S2/c1-26-13-8-6-12(7-9-13)23-19(25)17-14-4-2-3-5-15(14)28-18(17)22-20(23)27-11-10-16(21)24/h6-9H,2-5,10-11H2,1H3,(H2,21,24).